The molecule has 1 aliphatic heterocycles. The summed E-state index contributed by atoms with van der Waals surface area (Å²) < 4.78 is 5.89. The number of nitrogens with zero attached hydrogens (tertiary/aromatic N) is 3. The fourth-order valence-corrected chi connectivity index (χ4v) is 4.79. The van der Waals surface area contributed by atoms with Crippen molar-refractivity contribution < 1.29 is 19.7 Å². The molecule has 4 heterocycles. The molecule has 0 aliphatic carbocycles. The number of aromatic amines is 1. The third-order valence-corrected chi connectivity index (χ3v) is 6.27. The third kappa shape index (κ3) is 5.08. The molecule has 2 aromatic carbocycles. The van der Waals surface area contributed by atoms with Gasteiger partial charge in [0.1, 0.15) is 5.75 Å². The Morgan fingerprint density at radius 2 is 1.89 bits per heavy atom. The van der Waals surface area contributed by atoms with Crippen molar-refractivity contribution in [2.24, 2.45) is 0 Å². The zero-order chi connectivity index (χ0) is 27.0. The molecule has 1 aliphatic rings. The van der Waals surface area contributed by atoms with Crippen molar-refractivity contribution in [3.05, 3.63) is 71.5 Å². The third-order valence-electron chi connectivity index (χ3n) is 6.27. The van der Waals surface area contributed by atoms with Gasteiger partial charge in [0, 0.05) is 35.2 Å². The van der Waals surface area contributed by atoms with E-state index in [2.05, 4.69) is 10.2 Å². The van der Waals surface area contributed by atoms with Crippen LogP contribution < -0.4 is 4.74 Å². The summed E-state index contributed by atoms with van der Waals surface area (Å²) in [5, 5.41) is 27.1. The quantitative estimate of drug-likeness (QED) is 0.292. The maximum absolute atomic E-state index is 11.8. The lowest BCUT2D eigenvalue weighted by Gasteiger charge is -2.21. The van der Waals surface area contributed by atoms with E-state index in [9.17, 15) is 9.90 Å². The average Bonchev–Trinajstić information content (AvgIpc) is 3.39. The Labute approximate surface area is 220 Å². The lowest BCUT2D eigenvalue weighted by molar-refractivity contribution is -0.136. The number of hydrogen-bond acceptors (Lipinski definition) is 6. The van der Waals surface area contributed by atoms with Gasteiger partial charge in [0.15, 0.2) is 0 Å². The molecular weight excluding hydrogens is 480 g/mol. The van der Waals surface area contributed by atoms with E-state index in [1.54, 1.807) is 27.0 Å². The summed E-state index contributed by atoms with van der Waals surface area (Å²) in [6, 6.07) is 13.7. The fourth-order valence-electron chi connectivity index (χ4n) is 4.79. The second-order valence-corrected chi connectivity index (χ2v) is 10.4. The number of fused-ring (bicyclic) bond motifs is 1. The first-order valence-electron chi connectivity index (χ1n) is 12.5. The van der Waals surface area contributed by atoms with Crippen molar-refractivity contribution in [1.29, 1.82) is 0 Å². The van der Waals surface area contributed by atoms with Crippen molar-refractivity contribution >= 4 is 27.8 Å². The molecule has 0 fully saturated rings. The Bertz CT molecular complexity index is 1640. The molecule has 0 saturated heterocycles. The molecule has 3 aromatic heterocycles. The molecule has 0 unspecified atom stereocenters. The summed E-state index contributed by atoms with van der Waals surface area (Å²) in [5.74, 6) is -0.0562. The van der Waals surface area contributed by atoms with Crippen LogP contribution in [0.25, 0.3) is 44.3 Å². The second kappa shape index (κ2) is 9.87. The molecule has 194 valence electrons. The molecule has 6 rings (SSSR count). The van der Waals surface area contributed by atoms with Crippen LogP contribution >= 0.6 is 0 Å². The summed E-state index contributed by atoms with van der Waals surface area (Å²) >= 11 is 0. The van der Waals surface area contributed by atoms with E-state index in [1.165, 1.54) is 5.56 Å². The van der Waals surface area contributed by atoms with Gasteiger partial charge in [0.2, 0.25) is 0 Å². The summed E-state index contributed by atoms with van der Waals surface area (Å²) in [7, 11) is 0. The highest BCUT2D eigenvalue weighted by Gasteiger charge is 2.22. The van der Waals surface area contributed by atoms with Crippen LogP contribution in [0.1, 0.15) is 37.5 Å². The van der Waals surface area contributed by atoms with Gasteiger partial charge in [-0.1, -0.05) is 0 Å². The molecular formula is C30H30N4O4. The van der Waals surface area contributed by atoms with E-state index in [4.69, 9.17) is 19.8 Å². The van der Waals surface area contributed by atoms with Gasteiger partial charge in [0.05, 0.1) is 41.1 Å². The van der Waals surface area contributed by atoms with Crippen molar-refractivity contribution in [1.82, 2.24) is 20.2 Å². The van der Waals surface area contributed by atoms with Crippen LogP contribution in [-0.2, 0) is 17.6 Å². The van der Waals surface area contributed by atoms with Crippen LogP contribution in [0.3, 0.4) is 0 Å². The minimum atomic E-state index is -0.875. The maximum Gasteiger partial charge on any atom is 0.307 e. The van der Waals surface area contributed by atoms with Gasteiger partial charge in [-0.25, -0.2) is 4.98 Å². The number of aliphatic carboxylic acids is 1. The van der Waals surface area contributed by atoms with Crippen LogP contribution in [0, 0.1) is 6.92 Å². The standard InChI is InChI=1S/C26H20N4O3.C4H10O/c1-14-12-21-16(2-4-19(29-21)20-7-10-28-30-20)25(18(14)13-23(31)32)17-3-5-22-24-15(8-11-33-22)6-9-27-26(17)24;1-4(2,3)5/h2-7,9-10,12H,8,11,13H2,1H3,(H,28,30)(H,31,32);5H,1-3H3. The normalized spacial score (nSPS) is 12.7. The maximum atomic E-state index is 11.8. The molecule has 0 bridgehead atoms. The molecule has 8 nitrogen and oxygen atoms in total. The highest BCUT2D eigenvalue weighted by atomic mass is 16.5. The molecule has 8 heteroatoms. The Kier molecular flexibility index (Phi) is 6.59. The zero-order valence-corrected chi connectivity index (χ0v) is 21.9. The van der Waals surface area contributed by atoms with Gasteiger partial charge in [-0.3, -0.25) is 14.9 Å². The predicted molar refractivity (Wildman–Crippen MR) is 147 cm³/mol. The first kappa shape index (κ1) is 25.4. The number of aliphatic hydroxyl groups is 1. The van der Waals surface area contributed by atoms with Crippen molar-refractivity contribution in [3.63, 3.8) is 0 Å². The fraction of sp³-hybridized carbons (Fsp3) is 0.267. The van der Waals surface area contributed by atoms with Crippen molar-refractivity contribution in [2.45, 2.75) is 46.1 Å². The van der Waals surface area contributed by atoms with E-state index >= 15 is 0 Å². The number of nitrogens with one attached hydrogen (secondary N) is 1. The molecule has 3 N–H and O–H groups in total. The van der Waals surface area contributed by atoms with Gasteiger partial charge in [-0.15, -0.1) is 0 Å². The van der Waals surface area contributed by atoms with Crippen LogP contribution in [0.15, 0.2) is 54.9 Å². The number of pyridine rings is 2. The summed E-state index contributed by atoms with van der Waals surface area (Å²) in [6.45, 7) is 7.81. The van der Waals surface area contributed by atoms with E-state index < -0.39 is 11.6 Å². The molecule has 0 radical (unpaired) electrons. The lowest BCUT2D eigenvalue weighted by Crippen LogP contribution is -2.10. The van der Waals surface area contributed by atoms with Crippen molar-refractivity contribution in [2.75, 3.05) is 6.61 Å². The van der Waals surface area contributed by atoms with Gasteiger partial charge >= 0.3 is 5.97 Å². The summed E-state index contributed by atoms with van der Waals surface area (Å²) in [4.78, 5) is 21.4. The van der Waals surface area contributed by atoms with Gasteiger partial charge in [0.25, 0.3) is 0 Å². The Morgan fingerprint density at radius 1 is 1.11 bits per heavy atom. The number of carboxylic acids is 1. The predicted octanol–water partition coefficient (Wildman–Crippen LogP) is 5.49. The highest BCUT2D eigenvalue weighted by molar-refractivity contribution is 6.08. The summed E-state index contributed by atoms with van der Waals surface area (Å²) in [5.41, 5.74) is 7.31. The summed E-state index contributed by atoms with van der Waals surface area (Å²) in [6.07, 6.45) is 4.25. The lowest BCUT2D eigenvalue weighted by atomic mass is 9.87. The molecule has 0 spiro atoms. The molecule has 5 aromatic rings. The van der Waals surface area contributed by atoms with E-state index in [1.807, 2.05) is 55.6 Å². The highest BCUT2D eigenvalue weighted by Crippen LogP contribution is 2.42. The average molecular weight is 511 g/mol. The number of H-pyrrole nitrogens is 1. The number of rotatable bonds is 4. The van der Waals surface area contributed by atoms with E-state index in [0.717, 1.165) is 67.6 Å². The zero-order valence-electron chi connectivity index (χ0n) is 21.9. The van der Waals surface area contributed by atoms with Crippen LogP contribution in [0.2, 0.25) is 0 Å². The van der Waals surface area contributed by atoms with Crippen molar-refractivity contribution in [3.8, 4) is 28.3 Å². The van der Waals surface area contributed by atoms with Crippen LogP contribution in [0.5, 0.6) is 5.75 Å². The Hall–Kier alpha value is -4.30. The molecule has 0 amide bonds. The number of carboxylic acid groups (broad SMARTS) is 1. The largest absolute Gasteiger partial charge is 0.493 e. The minimum Gasteiger partial charge on any atom is -0.493 e. The number of ether oxygens (including phenoxy) is 1. The Balaban J connectivity index is 0.000000540. The first-order chi connectivity index (χ1) is 18.1. The molecule has 0 atom stereocenters. The van der Waals surface area contributed by atoms with E-state index in [0.29, 0.717) is 6.61 Å². The number of hydrogen-bond donors (Lipinski definition) is 3. The van der Waals surface area contributed by atoms with Gasteiger partial charge in [-0.05, 0) is 92.4 Å². The first-order valence-corrected chi connectivity index (χ1v) is 12.5. The minimum absolute atomic E-state index is 0.0845. The monoisotopic (exact) mass is 510 g/mol. The van der Waals surface area contributed by atoms with Gasteiger partial charge < -0.3 is 14.9 Å². The number of aromatic nitrogens is 4. The Morgan fingerprint density at radius 3 is 2.61 bits per heavy atom. The van der Waals surface area contributed by atoms with Gasteiger partial charge in [-0.2, -0.15) is 5.10 Å². The SMILES string of the molecule is CC(C)(C)O.Cc1cc2nc(-c3ccn[nH]3)ccc2c(-c2ccc3c4c(ccnc24)CCO3)c1CC(=O)O. The topological polar surface area (TPSA) is 121 Å². The smallest absolute Gasteiger partial charge is 0.307 e. The number of aryl methyl sites for hydroxylation is 1. The van der Waals surface area contributed by atoms with Crippen LogP contribution in [-0.4, -0.2) is 48.6 Å². The molecule has 38 heavy (non-hydrogen) atoms. The number of carbonyl (C=O) groups is 1. The van der Waals surface area contributed by atoms with Crippen LogP contribution in [0.4, 0.5) is 0 Å². The van der Waals surface area contributed by atoms with E-state index in [-0.39, 0.29) is 6.42 Å². The number of benzene rings is 2. The molecule has 0 saturated carbocycles. The second-order valence-electron chi connectivity index (χ2n) is 10.4.